The largest absolute Gasteiger partial charge is 0.331 e. The van der Waals surface area contributed by atoms with Gasteiger partial charge < -0.3 is 15.1 Å². The van der Waals surface area contributed by atoms with Crippen LogP contribution >= 0.6 is 0 Å². The van der Waals surface area contributed by atoms with Crippen LogP contribution in [-0.2, 0) is 0 Å². The van der Waals surface area contributed by atoms with Gasteiger partial charge in [0.05, 0.1) is 0 Å². The highest BCUT2D eigenvalue weighted by molar-refractivity contribution is 5.73. The van der Waals surface area contributed by atoms with Crippen LogP contribution < -0.4 is 5.32 Å². The first kappa shape index (κ1) is 16.3. The van der Waals surface area contributed by atoms with Gasteiger partial charge in [-0.05, 0) is 25.7 Å². The fraction of sp³-hybridized carbons (Fsp3) is 0.933. The van der Waals surface area contributed by atoms with Gasteiger partial charge in [0, 0.05) is 39.3 Å². The predicted molar refractivity (Wildman–Crippen MR) is 80.3 cm³/mol. The molecule has 1 N–H and O–H groups in total. The zero-order valence-corrected chi connectivity index (χ0v) is 13.3. The average molecular weight is 269 g/mol. The van der Waals surface area contributed by atoms with Crippen molar-refractivity contribution in [3.8, 4) is 0 Å². The third kappa shape index (κ3) is 4.68. The summed E-state index contributed by atoms with van der Waals surface area (Å²) in [7, 11) is 3.64. The van der Waals surface area contributed by atoms with Crippen LogP contribution in [0.15, 0.2) is 0 Å². The number of hydrogen-bond acceptors (Lipinski definition) is 2. The lowest BCUT2D eigenvalue weighted by Crippen LogP contribution is -2.50. The van der Waals surface area contributed by atoms with E-state index >= 15 is 0 Å². The summed E-state index contributed by atoms with van der Waals surface area (Å²) in [5.74, 6) is 0.765. The molecule has 112 valence electrons. The van der Waals surface area contributed by atoms with Crippen molar-refractivity contribution in [3.05, 3.63) is 0 Å². The van der Waals surface area contributed by atoms with Gasteiger partial charge in [0.25, 0.3) is 0 Å². The Kier molecular flexibility index (Phi) is 6.63. The molecule has 1 unspecified atom stereocenters. The molecule has 0 aromatic heterocycles. The summed E-state index contributed by atoms with van der Waals surface area (Å²) in [4.78, 5) is 15.5. The number of nitrogens with zero attached hydrogens (tertiary/aromatic N) is 2. The molecule has 1 rings (SSSR count). The second kappa shape index (κ2) is 7.73. The molecule has 4 heteroatoms. The number of piperidine rings is 1. The summed E-state index contributed by atoms with van der Waals surface area (Å²) in [6.45, 7) is 8.60. The van der Waals surface area contributed by atoms with Gasteiger partial charge in [-0.15, -0.1) is 0 Å². The van der Waals surface area contributed by atoms with Crippen molar-refractivity contribution in [2.45, 2.75) is 58.5 Å². The summed E-state index contributed by atoms with van der Waals surface area (Å²) in [5.41, 5.74) is 0. The Labute approximate surface area is 118 Å². The molecular weight excluding hydrogens is 238 g/mol. The van der Waals surface area contributed by atoms with Gasteiger partial charge in [-0.25, -0.2) is 4.79 Å². The predicted octanol–water partition coefficient (Wildman–Crippen LogP) is 2.55. The quantitative estimate of drug-likeness (QED) is 0.832. The van der Waals surface area contributed by atoms with E-state index in [4.69, 9.17) is 0 Å². The standard InChI is InChI=1S/C15H31N3O/c1-6-13(7-2)12(3)16-14-8-10-18(11-9-14)15(19)17(4)5/h12-14,16H,6-11H2,1-5H3. The topological polar surface area (TPSA) is 35.6 Å². The van der Waals surface area contributed by atoms with E-state index in [0.717, 1.165) is 31.8 Å². The zero-order valence-electron chi connectivity index (χ0n) is 13.3. The fourth-order valence-corrected chi connectivity index (χ4v) is 3.02. The van der Waals surface area contributed by atoms with E-state index in [9.17, 15) is 4.79 Å². The van der Waals surface area contributed by atoms with Crippen LogP contribution in [0.2, 0.25) is 0 Å². The Bertz CT molecular complexity index is 269. The number of urea groups is 1. The number of carbonyl (C=O) groups is 1. The van der Waals surface area contributed by atoms with E-state index in [1.165, 1.54) is 12.8 Å². The third-order valence-electron chi connectivity index (χ3n) is 4.40. The molecular formula is C15H31N3O. The second-order valence-corrected chi connectivity index (χ2v) is 5.97. The maximum Gasteiger partial charge on any atom is 0.319 e. The third-order valence-corrected chi connectivity index (χ3v) is 4.40. The minimum absolute atomic E-state index is 0.145. The SMILES string of the molecule is CCC(CC)C(C)NC1CCN(C(=O)N(C)C)CC1. The summed E-state index contributed by atoms with van der Waals surface area (Å²) in [5, 5.41) is 3.76. The highest BCUT2D eigenvalue weighted by atomic mass is 16.2. The Morgan fingerprint density at radius 3 is 2.21 bits per heavy atom. The van der Waals surface area contributed by atoms with Gasteiger partial charge in [0.1, 0.15) is 0 Å². The van der Waals surface area contributed by atoms with Crippen LogP contribution in [0.4, 0.5) is 4.79 Å². The molecule has 2 amide bonds. The molecule has 19 heavy (non-hydrogen) atoms. The van der Waals surface area contributed by atoms with Gasteiger partial charge >= 0.3 is 6.03 Å². The molecule has 0 aromatic carbocycles. The molecule has 1 atom stereocenters. The highest BCUT2D eigenvalue weighted by Gasteiger charge is 2.25. The number of likely N-dealkylation sites (tertiary alicyclic amines) is 1. The Balaban J connectivity index is 2.36. The molecule has 1 aliphatic heterocycles. The van der Waals surface area contributed by atoms with Crippen molar-refractivity contribution in [1.82, 2.24) is 15.1 Å². The molecule has 0 aliphatic carbocycles. The summed E-state index contributed by atoms with van der Waals surface area (Å²) >= 11 is 0. The van der Waals surface area contributed by atoms with Crippen molar-refractivity contribution >= 4 is 6.03 Å². The number of rotatable bonds is 5. The number of carbonyl (C=O) groups excluding carboxylic acids is 1. The van der Waals surface area contributed by atoms with Crippen molar-refractivity contribution in [1.29, 1.82) is 0 Å². The minimum atomic E-state index is 0.145. The lowest BCUT2D eigenvalue weighted by molar-refractivity contribution is 0.148. The monoisotopic (exact) mass is 269 g/mol. The van der Waals surface area contributed by atoms with Gasteiger partial charge in [-0.2, -0.15) is 0 Å². The zero-order chi connectivity index (χ0) is 14.4. The van der Waals surface area contributed by atoms with Crippen molar-refractivity contribution < 1.29 is 4.79 Å². The molecule has 0 radical (unpaired) electrons. The van der Waals surface area contributed by atoms with Crippen LogP contribution in [0.25, 0.3) is 0 Å². The molecule has 0 saturated carbocycles. The Morgan fingerprint density at radius 1 is 1.26 bits per heavy atom. The fourth-order valence-electron chi connectivity index (χ4n) is 3.02. The maximum absolute atomic E-state index is 11.9. The van der Waals surface area contributed by atoms with E-state index in [2.05, 4.69) is 26.1 Å². The van der Waals surface area contributed by atoms with Gasteiger partial charge in [-0.3, -0.25) is 0 Å². The molecule has 4 nitrogen and oxygen atoms in total. The highest BCUT2D eigenvalue weighted by Crippen LogP contribution is 2.17. The summed E-state index contributed by atoms with van der Waals surface area (Å²) in [6, 6.07) is 1.30. The van der Waals surface area contributed by atoms with Gasteiger partial charge in [0.2, 0.25) is 0 Å². The van der Waals surface area contributed by atoms with Crippen LogP contribution in [0.1, 0.15) is 46.5 Å². The van der Waals surface area contributed by atoms with E-state index in [0.29, 0.717) is 12.1 Å². The van der Waals surface area contributed by atoms with Crippen LogP contribution in [0, 0.1) is 5.92 Å². The number of nitrogens with one attached hydrogen (secondary N) is 1. The van der Waals surface area contributed by atoms with Crippen molar-refractivity contribution in [2.75, 3.05) is 27.2 Å². The van der Waals surface area contributed by atoms with Crippen LogP contribution in [0.3, 0.4) is 0 Å². The van der Waals surface area contributed by atoms with E-state index in [1.54, 1.807) is 4.90 Å². The van der Waals surface area contributed by atoms with Crippen LogP contribution in [0.5, 0.6) is 0 Å². The van der Waals surface area contributed by atoms with E-state index < -0.39 is 0 Å². The first-order valence-corrected chi connectivity index (χ1v) is 7.71. The minimum Gasteiger partial charge on any atom is -0.331 e. The number of amides is 2. The maximum atomic E-state index is 11.9. The molecule has 1 saturated heterocycles. The van der Waals surface area contributed by atoms with E-state index in [1.807, 2.05) is 19.0 Å². The van der Waals surface area contributed by atoms with E-state index in [-0.39, 0.29) is 6.03 Å². The molecule has 0 spiro atoms. The van der Waals surface area contributed by atoms with Crippen molar-refractivity contribution in [3.63, 3.8) is 0 Å². The molecule has 1 aliphatic rings. The smallest absolute Gasteiger partial charge is 0.319 e. The Hall–Kier alpha value is -0.770. The van der Waals surface area contributed by atoms with Gasteiger partial charge in [-0.1, -0.05) is 26.7 Å². The lowest BCUT2D eigenvalue weighted by atomic mass is 9.93. The summed E-state index contributed by atoms with van der Waals surface area (Å²) in [6.07, 6.45) is 4.62. The van der Waals surface area contributed by atoms with Crippen molar-refractivity contribution in [2.24, 2.45) is 5.92 Å². The molecule has 0 bridgehead atoms. The molecule has 1 fully saturated rings. The average Bonchev–Trinajstić information content (AvgIpc) is 2.40. The first-order chi connectivity index (χ1) is 8.99. The van der Waals surface area contributed by atoms with Gasteiger partial charge in [0.15, 0.2) is 0 Å². The molecule has 1 heterocycles. The molecule has 0 aromatic rings. The summed E-state index contributed by atoms with van der Waals surface area (Å²) < 4.78 is 0. The Morgan fingerprint density at radius 2 is 1.79 bits per heavy atom. The second-order valence-electron chi connectivity index (χ2n) is 5.97. The first-order valence-electron chi connectivity index (χ1n) is 7.71. The van der Waals surface area contributed by atoms with Crippen LogP contribution in [-0.4, -0.2) is 55.1 Å². The lowest BCUT2D eigenvalue weighted by Gasteiger charge is -2.36. The number of hydrogen-bond donors (Lipinski definition) is 1. The normalized spacial score (nSPS) is 18.7.